The molecule has 3 heteroatoms. The Balaban J connectivity index is 2.00. The van der Waals surface area contributed by atoms with Crippen LogP contribution in [0.3, 0.4) is 0 Å². The van der Waals surface area contributed by atoms with Crippen molar-refractivity contribution in [2.75, 3.05) is 19.6 Å². The Morgan fingerprint density at radius 2 is 2.38 bits per heavy atom. The molecule has 2 fully saturated rings. The second-order valence-electron chi connectivity index (χ2n) is 4.91. The van der Waals surface area contributed by atoms with Gasteiger partial charge in [0.1, 0.15) is 0 Å². The van der Waals surface area contributed by atoms with Gasteiger partial charge in [-0.1, -0.05) is 12.5 Å². The summed E-state index contributed by atoms with van der Waals surface area (Å²) in [6.07, 6.45) is 5.63. The SMILES string of the molecule is C=CCN(CC)C(=O)C1NCC2CCCC21. The van der Waals surface area contributed by atoms with Gasteiger partial charge in [-0.3, -0.25) is 4.79 Å². The van der Waals surface area contributed by atoms with E-state index in [4.69, 9.17) is 0 Å². The van der Waals surface area contributed by atoms with Crippen LogP contribution in [0.5, 0.6) is 0 Å². The summed E-state index contributed by atoms with van der Waals surface area (Å²) in [5, 5.41) is 3.41. The summed E-state index contributed by atoms with van der Waals surface area (Å²) in [6, 6.07) is 0.0763. The minimum absolute atomic E-state index is 0.0763. The molecule has 16 heavy (non-hydrogen) atoms. The molecule has 0 spiro atoms. The zero-order chi connectivity index (χ0) is 11.5. The number of hydrogen-bond donors (Lipinski definition) is 1. The van der Waals surface area contributed by atoms with E-state index in [1.54, 1.807) is 0 Å². The van der Waals surface area contributed by atoms with E-state index in [1.807, 2.05) is 17.9 Å². The van der Waals surface area contributed by atoms with Gasteiger partial charge in [-0.15, -0.1) is 6.58 Å². The zero-order valence-electron chi connectivity index (χ0n) is 10.1. The molecule has 0 bridgehead atoms. The molecule has 3 atom stereocenters. The number of carbonyl (C=O) groups excluding carboxylic acids is 1. The van der Waals surface area contributed by atoms with E-state index < -0.39 is 0 Å². The van der Waals surface area contributed by atoms with Crippen LogP contribution in [0.4, 0.5) is 0 Å². The Kier molecular flexibility index (Phi) is 3.64. The lowest BCUT2D eigenvalue weighted by atomic mass is 9.93. The molecule has 0 aromatic rings. The molecule has 90 valence electrons. The van der Waals surface area contributed by atoms with Gasteiger partial charge in [-0.2, -0.15) is 0 Å². The zero-order valence-corrected chi connectivity index (χ0v) is 10.1. The van der Waals surface area contributed by atoms with Gasteiger partial charge in [-0.05, 0) is 38.1 Å². The summed E-state index contributed by atoms with van der Waals surface area (Å²) in [6.45, 7) is 8.22. The number of amides is 1. The summed E-state index contributed by atoms with van der Waals surface area (Å²) in [5.41, 5.74) is 0. The lowest BCUT2D eigenvalue weighted by molar-refractivity contribution is -0.133. The van der Waals surface area contributed by atoms with Crippen molar-refractivity contribution in [3.8, 4) is 0 Å². The number of rotatable bonds is 4. The Labute approximate surface area is 97.9 Å². The molecule has 0 radical (unpaired) electrons. The first-order valence-corrected chi connectivity index (χ1v) is 6.41. The minimum Gasteiger partial charge on any atom is -0.338 e. The average molecular weight is 222 g/mol. The van der Waals surface area contributed by atoms with Crippen LogP contribution in [0, 0.1) is 11.8 Å². The van der Waals surface area contributed by atoms with Crippen molar-refractivity contribution >= 4 is 5.91 Å². The highest BCUT2D eigenvalue weighted by atomic mass is 16.2. The Morgan fingerprint density at radius 1 is 1.56 bits per heavy atom. The van der Waals surface area contributed by atoms with Gasteiger partial charge in [0.05, 0.1) is 6.04 Å². The van der Waals surface area contributed by atoms with Gasteiger partial charge in [0, 0.05) is 13.1 Å². The van der Waals surface area contributed by atoms with Crippen LogP contribution in [-0.4, -0.2) is 36.5 Å². The van der Waals surface area contributed by atoms with Gasteiger partial charge >= 0.3 is 0 Å². The van der Waals surface area contributed by atoms with E-state index in [-0.39, 0.29) is 11.9 Å². The molecule has 1 aliphatic carbocycles. The van der Waals surface area contributed by atoms with E-state index in [1.165, 1.54) is 19.3 Å². The van der Waals surface area contributed by atoms with Crippen molar-refractivity contribution in [3.63, 3.8) is 0 Å². The van der Waals surface area contributed by atoms with E-state index in [9.17, 15) is 4.79 Å². The van der Waals surface area contributed by atoms with Gasteiger partial charge in [0.25, 0.3) is 0 Å². The molecule has 3 nitrogen and oxygen atoms in total. The maximum atomic E-state index is 12.3. The van der Waals surface area contributed by atoms with E-state index in [0.29, 0.717) is 12.5 Å². The Hall–Kier alpha value is -0.830. The second-order valence-corrected chi connectivity index (χ2v) is 4.91. The number of likely N-dealkylation sites (N-methyl/N-ethyl adjacent to an activating group) is 1. The van der Waals surface area contributed by atoms with Crippen molar-refractivity contribution in [1.82, 2.24) is 10.2 Å². The third-order valence-corrected chi connectivity index (χ3v) is 4.05. The van der Waals surface area contributed by atoms with Gasteiger partial charge in [0.2, 0.25) is 5.91 Å². The van der Waals surface area contributed by atoms with Crippen LogP contribution in [0.2, 0.25) is 0 Å². The fourth-order valence-electron chi connectivity index (χ4n) is 3.19. The van der Waals surface area contributed by atoms with Gasteiger partial charge in [0.15, 0.2) is 0 Å². The van der Waals surface area contributed by atoms with E-state index >= 15 is 0 Å². The monoisotopic (exact) mass is 222 g/mol. The first-order valence-electron chi connectivity index (χ1n) is 6.41. The van der Waals surface area contributed by atoms with Crippen LogP contribution < -0.4 is 5.32 Å². The fraction of sp³-hybridized carbons (Fsp3) is 0.769. The highest BCUT2D eigenvalue weighted by molar-refractivity contribution is 5.82. The summed E-state index contributed by atoms with van der Waals surface area (Å²) >= 11 is 0. The molecule has 1 saturated carbocycles. The standard InChI is InChI=1S/C13H22N2O/c1-3-8-15(4-2)13(16)12-11-7-5-6-10(11)9-14-12/h3,10-12,14H,1,4-9H2,2H3. The summed E-state index contributed by atoms with van der Waals surface area (Å²) in [4.78, 5) is 14.2. The topological polar surface area (TPSA) is 32.3 Å². The Bertz CT molecular complexity index is 277. The van der Waals surface area contributed by atoms with Crippen molar-refractivity contribution in [2.45, 2.75) is 32.2 Å². The maximum absolute atomic E-state index is 12.3. The molecule has 0 aromatic heterocycles. The molecule has 3 unspecified atom stereocenters. The smallest absolute Gasteiger partial charge is 0.240 e. The van der Waals surface area contributed by atoms with Crippen molar-refractivity contribution in [3.05, 3.63) is 12.7 Å². The van der Waals surface area contributed by atoms with Crippen molar-refractivity contribution in [1.29, 1.82) is 0 Å². The van der Waals surface area contributed by atoms with Gasteiger partial charge in [-0.25, -0.2) is 0 Å². The largest absolute Gasteiger partial charge is 0.338 e. The molecular weight excluding hydrogens is 200 g/mol. The molecule has 1 N–H and O–H groups in total. The van der Waals surface area contributed by atoms with Crippen LogP contribution in [0.15, 0.2) is 12.7 Å². The third-order valence-electron chi connectivity index (χ3n) is 4.05. The number of hydrogen-bond acceptors (Lipinski definition) is 2. The fourth-order valence-corrected chi connectivity index (χ4v) is 3.19. The average Bonchev–Trinajstić information content (AvgIpc) is 2.86. The number of nitrogens with one attached hydrogen (secondary N) is 1. The summed E-state index contributed by atoms with van der Waals surface area (Å²) in [7, 11) is 0. The van der Waals surface area contributed by atoms with Crippen molar-refractivity contribution in [2.24, 2.45) is 11.8 Å². The predicted octanol–water partition coefficient (Wildman–Crippen LogP) is 1.41. The Morgan fingerprint density at radius 3 is 3.06 bits per heavy atom. The van der Waals surface area contributed by atoms with Crippen molar-refractivity contribution < 1.29 is 4.79 Å². The van der Waals surface area contributed by atoms with E-state index in [2.05, 4.69) is 11.9 Å². The highest BCUT2D eigenvalue weighted by Gasteiger charge is 2.43. The molecule has 0 aromatic carbocycles. The van der Waals surface area contributed by atoms with Crippen LogP contribution in [-0.2, 0) is 4.79 Å². The number of nitrogens with zero attached hydrogens (tertiary/aromatic N) is 1. The molecule has 1 aliphatic heterocycles. The number of carbonyl (C=O) groups is 1. The normalized spacial score (nSPS) is 32.4. The van der Waals surface area contributed by atoms with Crippen LogP contribution in [0.1, 0.15) is 26.2 Å². The van der Waals surface area contributed by atoms with E-state index in [0.717, 1.165) is 19.0 Å². The lowest BCUT2D eigenvalue weighted by Gasteiger charge is -2.26. The first-order chi connectivity index (χ1) is 7.77. The quantitative estimate of drug-likeness (QED) is 0.729. The minimum atomic E-state index is 0.0763. The lowest BCUT2D eigenvalue weighted by Crippen LogP contribution is -2.46. The molecule has 2 aliphatic rings. The number of fused-ring (bicyclic) bond motifs is 1. The molecule has 1 amide bonds. The summed E-state index contributed by atoms with van der Waals surface area (Å²) in [5.74, 6) is 1.61. The summed E-state index contributed by atoms with van der Waals surface area (Å²) < 4.78 is 0. The van der Waals surface area contributed by atoms with Crippen LogP contribution in [0.25, 0.3) is 0 Å². The van der Waals surface area contributed by atoms with Crippen LogP contribution >= 0.6 is 0 Å². The molecule has 1 saturated heterocycles. The molecular formula is C13H22N2O. The maximum Gasteiger partial charge on any atom is 0.240 e. The molecule has 1 heterocycles. The highest BCUT2D eigenvalue weighted by Crippen LogP contribution is 2.38. The third kappa shape index (κ3) is 2.01. The first kappa shape index (κ1) is 11.6. The van der Waals surface area contributed by atoms with Gasteiger partial charge < -0.3 is 10.2 Å². The second kappa shape index (κ2) is 5.00. The predicted molar refractivity (Wildman–Crippen MR) is 65.1 cm³/mol. The molecule has 2 rings (SSSR count).